The molecule has 5 heteroatoms. The number of thiazole rings is 1. The molecule has 1 aromatic carbocycles. The number of nitrogens with zero attached hydrogens (tertiary/aromatic N) is 1. The van der Waals surface area contributed by atoms with E-state index in [2.05, 4.69) is 4.98 Å². The second kappa shape index (κ2) is 4.81. The number of aliphatic hydroxyl groups excluding tert-OH is 1. The number of rotatable bonds is 4. The van der Waals surface area contributed by atoms with E-state index in [0.29, 0.717) is 11.4 Å². The van der Waals surface area contributed by atoms with Gasteiger partial charge in [0.1, 0.15) is 11.1 Å². The van der Waals surface area contributed by atoms with Gasteiger partial charge in [-0.25, -0.2) is 4.98 Å². The van der Waals surface area contributed by atoms with Crippen LogP contribution in [0.1, 0.15) is 29.5 Å². The molecule has 90 valence electrons. The first-order valence-corrected chi connectivity index (χ1v) is 6.21. The lowest BCUT2D eigenvalue weighted by atomic mass is 10.2. The molecule has 1 amide bonds. The van der Waals surface area contributed by atoms with Crippen molar-refractivity contribution in [1.82, 2.24) is 4.98 Å². The van der Waals surface area contributed by atoms with Gasteiger partial charge < -0.3 is 10.8 Å². The molecule has 0 saturated heterocycles. The number of aryl methyl sites for hydroxylation is 1. The second-order valence-electron chi connectivity index (χ2n) is 4.04. The molecule has 0 bridgehead atoms. The number of hydrogen-bond acceptors (Lipinski definition) is 4. The van der Waals surface area contributed by atoms with Crippen LogP contribution in [0.15, 0.2) is 18.2 Å². The van der Waals surface area contributed by atoms with Crippen LogP contribution in [0.25, 0.3) is 10.2 Å². The van der Waals surface area contributed by atoms with Crippen molar-refractivity contribution in [3.63, 3.8) is 0 Å². The smallest absolute Gasteiger partial charge is 0.217 e. The molecule has 1 aromatic heterocycles. The molecule has 0 aliphatic rings. The number of hydrogen-bond donors (Lipinski definition) is 2. The summed E-state index contributed by atoms with van der Waals surface area (Å²) in [4.78, 5) is 15.0. The van der Waals surface area contributed by atoms with Gasteiger partial charge in [0.2, 0.25) is 5.91 Å². The highest BCUT2D eigenvalue weighted by molar-refractivity contribution is 7.18. The molecule has 1 heterocycles. The Kier molecular flexibility index (Phi) is 3.40. The Morgan fingerprint density at radius 3 is 3.06 bits per heavy atom. The fourth-order valence-corrected chi connectivity index (χ4v) is 2.68. The summed E-state index contributed by atoms with van der Waals surface area (Å²) in [7, 11) is 0. The van der Waals surface area contributed by atoms with Crippen LogP contribution in [-0.4, -0.2) is 16.0 Å². The van der Waals surface area contributed by atoms with Crippen molar-refractivity contribution in [3.05, 3.63) is 28.8 Å². The maximum atomic E-state index is 10.6. The SMILES string of the molecule is Cc1ccc2nc([C@@H](O)CCC(N)=O)sc2c1. The normalized spacial score (nSPS) is 12.8. The summed E-state index contributed by atoms with van der Waals surface area (Å²) in [5, 5.41) is 10.5. The molecule has 1 atom stereocenters. The fourth-order valence-electron chi connectivity index (χ4n) is 1.59. The molecule has 17 heavy (non-hydrogen) atoms. The summed E-state index contributed by atoms with van der Waals surface area (Å²) in [6.07, 6.45) is -0.204. The summed E-state index contributed by atoms with van der Waals surface area (Å²) in [5.74, 6) is -0.402. The number of aliphatic hydroxyl groups is 1. The number of aromatic nitrogens is 1. The predicted molar refractivity (Wildman–Crippen MR) is 67.7 cm³/mol. The largest absolute Gasteiger partial charge is 0.386 e. The van der Waals surface area contributed by atoms with E-state index in [1.54, 1.807) is 0 Å². The third-order valence-corrected chi connectivity index (χ3v) is 3.63. The van der Waals surface area contributed by atoms with Crippen LogP contribution in [-0.2, 0) is 4.79 Å². The van der Waals surface area contributed by atoms with Crippen LogP contribution in [0.3, 0.4) is 0 Å². The molecule has 0 aliphatic heterocycles. The highest BCUT2D eigenvalue weighted by atomic mass is 32.1. The van der Waals surface area contributed by atoms with Crippen molar-refractivity contribution >= 4 is 27.5 Å². The van der Waals surface area contributed by atoms with Gasteiger partial charge in [0, 0.05) is 6.42 Å². The van der Waals surface area contributed by atoms with E-state index < -0.39 is 12.0 Å². The highest BCUT2D eigenvalue weighted by Gasteiger charge is 2.14. The van der Waals surface area contributed by atoms with Gasteiger partial charge >= 0.3 is 0 Å². The van der Waals surface area contributed by atoms with E-state index in [-0.39, 0.29) is 6.42 Å². The summed E-state index contributed by atoms with van der Waals surface area (Å²) < 4.78 is 1.05. The Morgan fingerprint density at radius 2 is 2.35 bits per heavy atom. The summed E-state index contributed by atoms with van der Waals surface area (Å²) >= 11 is 1.46. The standard InChI is InChI=1S/C12H14N2O2S/c1-7-2-3-8-10(6-7)17-12(14-8)9(15)4-5-11(13)16/h2-3,6,9,15H,4-5H2,1H3,(H2,13,16)/t9-/m0/s1. The molecule has 0 spiro atoms. The fraction of sp³-hybridized carbons (Fsp3) is 0.333. The van der Waals surface area contributed by atoms with Gasteiger partial charge in [0.15, 0.2) is 0 Å². The van der Waals surface area contributed by atoms with Crippen LogP contribution in [0, 0.1) is 6.92 Å². The van der Waals surface area contributed by atoms with Crippen LogP contribution in [0.5, 0.6) is 0 Å². The highest BCUT2D eigenvalue weighted by Crippen LogP contribution is 2.29. The van der Waals surface area contributed by atoms with E-state index in [1.807, 2.05) is 25.1 Å². The lowest BCUT2D eigenvalue weighted by molar-refractivity contribution is -0.118. The maximum absolute atomic E-state index is 10.6. The monoisotopic (exact) mass is 250 g/mol. The topological polar surface area (TPSA) is 76.2 Å². The van der Waals surface area contributed by atoms with Crippen molar-refractivity contribution in [3.8, 4) is 0 Å². The predicted octanol–water partition coefficient (Wildman–Crippen LogP) is 1.90. The molecule has 2 aromatic rings. The molecule has 0 saturated carbocycles. The van der Waals surface area contributed by atoms with E-state index >= 15 is 0 Å². The van der Waals surface area contributed by atoms with E-state index in [9.17, 15) is 9.90 Å². The number of nitrogens with two attached hydrogens (primary N) is 1. The molecule has 4 nitrogen and oxygen atoms in total. The number of benzene rings is 1. The van der Waals surface area contributed by atoms with Crippen molar-refractivity contribution in [2.24, 2.45) is 5.73 Å². The van der Waals surface area contributed by atoms with Crippen LogP contribution in [0.2, 0.25) is 0 Å². The van der Waals surface area contributed by atoms with E-state index in [4.69, 9.17) is 5.73 Å². The Labute approximate surface area is 103 Å². The molecular formula is C12H14N2O2S. The van der Waals surface area contributed by atoms with Gasteiger partial charge in [-0.05, 0) is 31.0 Å². The third-order valence-electron chi connectivity index (χ3n) is 2.51. The third kappa shape index (κ3) is 2.81. The van der Waals surface area contributed by atoms with E-state index in [0.717, 1.165) is 10.2 Å². The Morgan fingerprint density at radius 1 is 1.59 bits per heavy atom. The number of primary amides is 1. The average Bonchev–Trinajstić information content (AvgIpc) is 2.68. The van der Waals surface area contributed by atoms with Gasteiger partial charge in [0.25, 0.3) is 0 Å². The van der Waals surface area contributed by atoms with Gasteiger partial charge in [-0.1, -0.05) is 6.07 Å². The Bertz CT molecular complexity index is 550. The molecular weight excluding hydrogens is 236 g/mol. The molecule has 0 radical (unpaired) electrons. The van der Waals surface area contributed by atoms with Gasteiger partial charge in [-0.15, -0.1) is 11.3 Å². The van der Waals surface area contributed by atoms with Crippen LogP contribution < -0.4 is 5.73 Å². The number of carbonyl (C=O) groups is 1. The summed E-state index contributed by atoms with van der Waals surface area (Å²) in [6, 6.07) is 5.96. The van der Waals surface area contributed by atoms with E-state index in [1.165, 1.54) is 16.9 Å². The molecule has 0 fully saturated rings. The average molecular weight is 250 g/mol. The first kappa shape index (κ1) is 12.0. The molecule has 3 N–H and O–H groups in total. The second-order valence-corrected chi connectivity index (χ2v) is 5.11. The quantitative estimate of drug-likeness (QED) is 0.870. The number of fused-ring (bicyclic) bond motifs is 1. The van der Waals surface area contributed by atoms with Crippen LogP contribution >= 0.6 is 11.3 Å². The van der Waals surface area contributed by atoms with Crippen molar-refractivity contribution in [2.75, 3.05) is 0 Å². The van der Waals surface area contributed by atoms with Crippen LogP contribution in [0.4, 0.5) is 0 Å². The lowest BCUT2D eigenvalue weighted by Crippen LogP contribution is -2.11. The molecule has 2 rings (SSSR count). The Hall–Kier alpha value is -1.46. The van der Waals surface area contributed by atoms with Gasteiger partial charge in [-0.3, -0.25) is 4.79 Å². The first-order valence-electron chi connectivity index (χ1n) is 5.39. The minimum Gasteiger partial charge on any atom is -0.386 e. The maximum Gasteiger partial charge on any atom is 0.217 e. The van der Waals surface area contributed by atoms with Gasteiger partial charge in [0.05, 0.1) is 10.2 Å². The van der Waals surface area contributed by atoms with Gasteiger partial charge in [-0.2, -0.15) is 0 Å². The zero-order valence-corrected chi connectivity index (χ0v) is 10.3. The minimum atomic E-state index is -0.708. The van der Waals surface area contributed by atoms with Crippen molar-refractivity contribution < 1.29 is 9.90 Å². The summed E-state index contributed by atoms with van der Waals surface area (Å²) in [6.45, 7) is 2.02. The van der Waals surface area contributed by atoms with Crippen molar-refractivity contribution in [1.29, 1.82) is 0 Å². The number of amides is 1. The zero-order chi connectivity index (χ0) is 12.4. The zero-order valence-electron chi connectivity index (χ0n) is 9.51. The molecule has 0 unspecified atom stereocenters. The summed E-state index contributed by atoms with van der Waals surface area (Å²) in [5.41, 5.74) is 7.10. The minimum absolute atomic E-state index is 0.177. The lowest BCUT2D eigenvalue weighted by Gasteiger charge is -2.04. The Balaban J connectivity index is 2.21. The van der Waals surface area contributed by atoms with Crippen molar-refractivity contribution in [2.45, 2.75) is 25.9 Å². The number of carbonyl (C=O) groups excluding carboxylic acids is 1. The molecule has 0 aliphatic carbocycles. The first-order chi connectivity index (χ1) is 8.06.